The van der Waals surface area contributed by atoms with Gasteiger partial charge < -0.3 is 20.1 Å². The summed E-state index contributed by atoms with van der Waals surface area (Å²) in [6, 6.07) is 22.3. The minimum Gasteiger partial charge on any atom is -0.451 e. The number of hydrogen-bond donors (Lipinski definition) is 2. The Balaban J connectivity index is 1.39. The van der Waals surface area contributed by atoms with Crippen molar-refractivity contribution < 1.29 is 19.4 Å². The van der Waals surface area contributed by atoms with Gasteiger partial charge in [0.05, 0.1) is 11.1 Å². The number of rotatable bonds is 9. The van der Waals surface area contributed by atoms with Gasteiger partial charge in [0.25, 0.3) is 0 Å². The van der Waals surface area contributed by atoms with Crippen LogP contribution in [0.5, 0.6) is 0 Å². The first-order valence-corrected chi connectivity index (χ1v) is 15.7. The number of hydrogen-bond acceptors (Lipinski definition) is 6. The van der Waals surface area contributed by atoms with Crippen molar-refractivity contribution in [3.63, 3.8) is 0 Å². The number of nitrogens with one attached hydrogen (secondary N) is 1. The lowest BCUT2D eigenvalue weighted by Crippen LogP contribution is -2.74. The maximum absolute atomic E-state index is 14.0. The van der Waals surface area contributed by atoms with Crippen LogP contribution in [0.3, 0.4) is 0 Å². The van der Waals surface area contributed by atoms with Crippen LogP contribution in [0.25, 0.3) is 0 Å². The molecule has 0 aliphatic carbocycles. The lowest BCUT2D eigenvalue weighted by Gasteiger charge is -2.52. The quantitative estimate of drug-likeness (QED) is 0.161. The van der Waals surface area contributed by atoms with Crippen molar-refractivity contribution in [2.45, 2.75) is 49.9 Å². The van der Waals surface area contributed by atoms with Gasteiger partial charge in [0.1, 0.15) is 11.4 Å². The highest BCUT2D eigenvalue weighted by atomic mass is 35.5. The average molecular weight is 642 g/mol. The molecule has 218 valence electrons. The zero-order valence-electron chi connectivity index (χ0n) is 22.9. The van der Waals surface area contributed by atoms with E-state index in [2.05, 4.69) is 5.32 Å². The van der Waals surface area contributed by atoms with Crippen LogP contribution in [0.1, 0.15) is 36.6 Å². The molecule has 3 unspecified atom stereocenters. The molecule has 2 N–H and O–H groups in total. The van der Waals surface area contributed by atoms with Crippen LogP contribution in [0.2, 0.25) is 10.0 Å². The summed E-state index contributed by atoms with van der Waals surface area (Å²) in [6.45, 7) is 3.73. The molecule has 2 aliphatic heterocycles. The molecule has 0 spiro atoms. The van der Waals surface area contributed by atoms with E-state index in [0.717, 1.165) is 16.7 Å². The standard InChI is InChI=1S/C32H30Cl2N2O4S2/c1-18(2)28(37)23-17-42-31-26(35-25(41)16-21-15-22(33)13-14-24(21)34)30(38)36(31)27(23)32(39)40-29(19-9-5-3-6-10-19)20-11-7-4-8-12-20/h3-15,17-18,26-29,31,37H,16H2,1-2H3,(H,35,41)/t26?,27?,28?,31-/m1/s1. The van der Waals surface area contributed by atoms with E-state index in [4.69, 9.17) is 40.2 Å². The summed E-state index contributed by atoms with van der Waals surface area (Å²) in [4.78, 5) is 29.6. The van der Waals surface area contributed by atoms with Gasteiger partial charge in [0.15, 0.2) is 12.1 Å². The van der Waals surface area contributed by atoms with Gasteiger partial charge in [-0.15, -0.1) is 11.8 Å². The number of carbonyl (C=O) groups excluding carboxylic acids is 2. The number of carbonyl (C=O) groups is 2. The fraction of sp³-hybridized carbons (Fsp3) is 0.281. The fourth-order valence-corrected chi connectivity index (χ4v) is 7.04. The molecular weight excluding hydrogens is 611 g/mol. The number of fused-ring (bicyclic) bond motifs is 1. The molecule has 3 aromatic carbocycles. The Labute approximate surface area is 265 Å². The largest absolute Gasteiger partial charge is 0.451 e. The molecule has 1 amide bonds. The molecule has 0 saturated carbocycles. The highest BCUT2D eigenvalue weighted by Crippen LogP contribution is 2.43. The van der Waals surface area contributed by atoms with E-state index in [1.165, 1.54) is 16.7 Å². The van der Waals surface area contributed by atoms with E-state index < -0.39 is 35.6 Å². The Morgan fingerprint density at radius 2 is 1.67 bits per heavy atom. The zero-order valence-corrected chi connectivity index (χ0v) is 26.1. The van der Waals surface area contributed by atoms with E-state index in [-0.39, 0.29) is 11.8 Å². The summed E-state index contributed by atoms with van der Waals surface area (Å²) in [7, 11) is 0. The predicted octanol–water partition coefficient (Wildman–Crippen LogP) is 6.34. The summed E-state index contributed by atoms with van der Waals surface area (Å²) >= 11 is 19.4. The third-order valence-electron chi connectivity index (χ3n) is 7.33. The summed E-state index contributed by atoms with van der Waals surface area (Å²) in [5, 5.41) is 16.7. The Bertz CT molecular complexity index is 1460. The van der Waals surface area contributed by atoms with Crippen LogP contribution in [0, 0.1) is 5.92 Å². The molecule has 0 radical (unpaired) electrons. The van der Waals surface area contributed by atoms with Crippen molar-refractivity contribution in [3.8, 4) is 0 Å². The molecule has 6 nitrogen and oxygen atoms in total. The molecule has 3 aromatic rings. The normalized spacial score (nSPS) is 20.5. The summed E-state index contributed by atoms with van der Waals surface area (Å²) in [6.07, 6.45) is -1.32. The molecule has 0 bridgehead atoms. The molecule has 4 atom stereocenters. The van der Waals surface area contributed by atoms with Gasteiger partial charge in [-0.05, 0) is 51.8 Å². The zero-order chi connectivity index (χ0) is 30.0. The van der Waals surface area contributed by atoms with Gasteiger partial charge in [-0.2, -0.15) is 0 Å². The number of thiocarbonyl (C=S) groups is 1. The highest BCUT2D eigenvalue weighted by molar-refractivity contribution is 8.03. The number of esters is 1. The maximum Gasteiger partial charge on any atom is 0.334 e. The number of halogens is 2. The number of thioether (sulfide) groups is 1. The van der Waals surface area contributed by atoms with Crippen LogP contribution >= 0.6 is 47.2 Å². The highest BCUT2D eigenvalue weighted by Gasteiger charge is 2.57. The van der Waals surface area contributed by atoms with Gasteiger partial charge >= 0.3 is 5.97 Å². The number of aliphatic hydroxyl groups excluding tert-OH is 1. The number of ether oxygens (including phenoxy) is 1. The maximum atomic E-state index is 14.0. The second kappa shape index (κ2) is 13.2. The first kappa shape index (κ1) is 30.6. The second-order valence-electron chi connectivity index (χ2n) is 10.6. The SMILES string of the molecule is CC(C)C(O)C1=CS[C@@H]2C(NC(=S)Cc3cc(Cl)ccc3Cl)C(=O)N2C1C(=O)OC(c1ccccc1)c1ccccc1. The lowest BCUT2D eigenvalue weighted by atomic mass is 9.90. The minimum absolute atomic E-state index is 0.178. The lowest BCUT2D eigenvalue weighted by molar-refractivity contribution is -0.165. The minimum atomic E-state index is -1.08. The monoisotopic (exact) mass is 640 g/mol. The topological polar surface area (TPSA) is 78.9 Å². The molecule has 10 heteroatoms. The van der Waals surface area contributed by atoms with Crippen molar-refractivity contribution in [3.05, 3.63) is 117 Å². The molecule has 1 fully saturated rings. The number of aliphatic hydroxyl groups is 1. The Hall–Kier alpha value is -2.88. The third kappa shape index (κ3) is 6.38. The average Bonchev–Trinajstić information content (AvgIpc) is 3.00. The molecule has 5 rings (SSSR count). The van der Waals surface area contributed by atoms with Crippen molar-refractivity contribution in [2.24, 2.45) is 5.92 Å². The van der Waals surface area contributed by atoms with Crippen molar-refractivity contribution in [1.82, 2.24) is 10.2 Å². The Morgan fingerprint density at radius 3 is 2.26 bits per heavy atom. The smallest absolute Gasteiger partial charge is 0.334 e. The van der Waals surface area contributed by atoms with Gasteiger partial charge in [0, 0.05) is 16.5 Å². The van der Waals surface area contributed by atoms with Crippen LogP contribution in [-0.4, -0.2) is 50.4 Å². The number of β-lactam (4-membered cyclic amide) rings is 1. The van der Waals surface area contributed by atoms with Gasteiger partial charge in [-0.3, -0.25) is 4.79 Å². The fourth-order valence-electron chi connectivity index (χ4n) is 5.12. The molecule has 42 heavy (non-hydrogen) atoms. The van der Waals surface area contributed by atoms with Crippen molar-refractivity contribution >= 4 is 64.0 Å². The predicted molar refractivity (Wildman–Crippen MR) is 171 cm³/mol. The molecular formula is C32H30Cl2N2O4S2. The second-order valence-corrected chi connectivity index (χ2v) is 12.9. The third-order valence-corrected chi connectivity index (χ3v) is 9.38. The first-order chi connectivity index (χ1) is 20.2. The molecule has 0 aromatic heterocycles. The number of nitrogens with zero attached hydrogens (tertiary/aromatic N) is 1. The van der Waals surface area contributed by atoms with Gasteiger partial charge in [-0.25, -0.2) is 4.79 Å². The van der Waals surface area contributed by atoms with E-state index >= 15 is 0 Å². The van der Waals surface area contributed by atoms with E-state index in [0.29, 0.717) is 27.0 Å². The van der Waals surface area contributed by atoms with E-state index in [9.17, 15) is 14.7 Å². The molecule has 1 saturated heterocycles. The van der Waals surface area contributed by atoms with Crippen molar-refractivity contribution in [2.75, 3.05) is 0 Å². The Kier molecular flexibility index (Phi) is 9.60. The first-order valence-electron chi connectivity index (χ1n) is 13.5. The van der Waals surface area contributed by atoms with E-state index in [1.54, 1.807) is 23.6 Å². The van der Waals surface area contributed by atoms with Crippen LogP contribution in [0.4, 0.5) is 0 Å². The molecule has 2 aliphatic rings. The van der Waals surface area contributed by atoms with Crippen LogP contribution in [0.15, 0.2) is 89.8 Å². The summed E-state index contributed by atoms with van der Waals surface area (Å²) in [5.41, 5.74) is 2.79. The summed E-state index contributed by atoms with van der Waals surface area (Å²) < 4.78 is 6.18. The van der Waals surface area contributed by atoms with Gasteiger partial charge in [0.2, 0.25) is 5.91 Å². The van der Waals surface area contributed by atoms with Crippen LogP contribution in [-0.2, 0) is 20.7 Å². The Morgan fingerprint density at radius 1 is 1.05 bits per heavy atom. The van der Waals surface area contributed by atoms with Crippen LogP contribution < -0.4 is 5.32 Å². The van der Waals surface area contributed by atoms with Crippen molar-refractivity contribution in [1.29, 1.82) is 0 Å². The molecule has 2 heterocycles. The number of benzene rings is 3. The van der Waals surface area contributed by atoms with Gasteiger partial charge in [-0.1, -0.05) is 110 Å². The summed E-state index contributed by atoms with van der Waals surface area (Å²) in [5.74, 6) is -1.08. The van der Waals surface area contributed by atoms with E-state index in [1.807, 2.05) is 74.5 Å². The number of amides is 1.